The lowest BCUT2D eigenvalue weighted by atomic mass is 9.82. The Labute approximate surface area is 115 Å². The highest BCUT2D eigenvalue weighted by Gasteiger charge is 2.28. The third kappa shape index (κ3) is 1.88. The molecule has 0 spiro atoms. The lowest BCUT2D eigenvalue weighted by Crippen LogP contribution is -2.13. The third-order valence-corrected chi connectivity index (χ3v) is 4.15. The van der Waals surface area contributed by atoms with Gasteiger partial charge in [0.2, 0.25) is 5.88 Å². The zero-order valence-electron chi connectivity index (χ0n) is 9.62. The van der Waals surface area contributed by atoms with Crippen molar-refractivity contribution >= 4 is 29.1 Å². The average molecular weight is 283 g/mol. The number of anilines is 1. The minimum atomic E-state index is 0.278. The number of fused-ring (bicyclic) bond motifs is 1. The Morgan fingerprint density at radius 1 is 1.28 bits per heavy atom. The normalized spacial score (nSPS) is 18.7. The summed E-state index contributed by atoms with van der Waals surface area (Å²) in [6.07, 6.45) is 2.60. The summed E-state index contributed by atoms with van der Waals surface area (Å²) in [4.78, 5) is 0. The lowest BCUT2D eigenvalue weighted by Gasteiger charge is -2.23. The second-order valence-corrected chi connectivity index (χ2v) is 5.36. The standard InChI is InChI=1S/C13H12Cl2N2O/c14-9-2-1-3-10(15)12(9)7-4-5-11-8(6-7)13(16)18-17-11/h1-3,7H,4-6,16H2. The zero-order valence-corrected chi connectivity index (χ0v) is 11.1. The second kappa shape index (κ2) is 4.48. The average Bonchev–Trinajstić information content (AvgIpc) is 2.71. The first-order chi connectivity index (χ1) is 8.66. The van der Waals surface area contributed by atoms with Crippen LogP contribution in [0.2, 0.25) is 10.0 Å². The SMILES string of the molecule is Nc1onc2c1CC(c1c(Cl)cccc1Cl)CC2. The summed E-state index contributed by atoms with van der Waals surface area (Å²) in [6, 6.07) is 5.60. The smallest absolute Gasteiger partial charge is 0.225 e. The molecular weight excluding hydrogens is 271 g/mol. The predicted molar refractivity (Wildman–Crippen MR) is 72.1 cm³/mol. The van der Waals surface area contributed by atoms with Crippen molar-refractivity contribution < 1.29 is 4.52 Å². The predicted octanol–water partition coefficient (Wildman–Crippen LogP) is 3.84. The number of hydrogen-bond donors (Lipinski definition) is 1. The molecule has 1 heterocycles. The first kappa shape index (κ1) is 11.9. The van der Waals surface area contributed by atoms with E-state index in [1.807, 2.05) is 18.2 Å². The Hall–Kier alpha value is -1.19. The molecule has 0 bridgehead atoms. The number of aromatic nitrogens is 1. The molecule has 0 saturated heterocycles. The monoisotopic (exact) mass is 282 g/mol. The summed E-state index contributed by atoms with van der Waals surface area (Å²) in [5, 5.41) is 5.39. The van der Waals surface area contributed by atoms with Crippen LogP contribution in [0.5, 0.6) is 0 Å². The summed E-state index contributed by atoms with van der Waals surface area (Å²) in [5.74, 6) is 0.693. The molecule has 0 aliphatic heterocycles. The Kier molecular flexibility index (Phi) is 2.96. The van der Waals surface area contributed by atoms with Crippen LogP contribution in [0.15, 0.2) is 22.7 Å². The van der Waals surface area contributed by atoms with E-state index in [4.69, 9.17) is 33.5 Å². The van der Waals surface area contributed by atoms with Crippen LogP contribution < -0.4 is 5.73 Å². The van der Waals surface area contributed by atoms with E-state index >= 15 is 0 Å². The minimum absolute atomic E-state index is 0.278. The maximum Gasteiger partial charge on any atom is 0.225 e. The molecule has 0 amide bonds. The molecule has 1 aromatic carbocycles. The molecule has 1 aliphatic rings. The van der Waals surface area contributed by atoms with E-state index in [9.17, 15) is 0 Å². The quantitative estimate of drug-likeness (QED) is 0.865. The topological polar surface area (TPSA) is 52.0 Å². The highest BCUT2D eigenvalue weighted by atomic mass is 35.5. The van der Waals surface area contributed by atoms with Crippen LogP contribution in [0.1, 0.15) is 29.2 Å². The van der Waals surface area contributed by atoms with Gasteiger partial charge >= 0.3 is 0 Å². The van der Waals surface area contributed by atoms with Gasteiger partial charge < -0.3 is 10.3 Å². The van der Waals surface area contributed by atoms with Crippen LogP contribution >= 0.6 is 23.2 Å². The second-order valence-electron chi connectivity index (χ2n) is 4.55. The van der Waals surface area contributed by atoms with Crippen LogP contribution in [-0.2, 0) is 12.8 Å². The van der Waals surface area contributed by atoms with Gasteiger partial charge in [0.05, 0.1) is 5.69 Å². The number of nitrogens with two attached hydrogens (primary N) is 1. The summed E-state index contributed by atoms with van der Waals surface area (Å²) in [6.45, 7) is 0. The van der Waals surface area contributed by atoms with E-state index in [0.29, 0.717) is 15.9 Å². The first-order valence-electron chi connectivity index (χ1n) is 5.83. The summed E-state index contributed by atoms with van der Waals surface area (Å²) < 4.78 is 5.02. The van der Waals surface area contributed by atoms with Crippen LogP contribution in [0.4, 0.5) is 5.88 Å². The first-order valence-corrected chi connectivity index (χ1v) is 6.59. The number of rotatable bonds is 1. The maximum atomic E-state index is 6.25. The summed E-state index contributed by atoms with van der Waals surface area (Å²) >= 11 is 12.5. The van der Waals surface area contributed by atoms with Crippen molar-refractivity contribution in [1.82, 2.24) is 5.16 Å². The van der Waals surface area contributed by atoms with Crippen molar-refractivity contribution in [3.8, 4) is 0 Å². The van der Waals surface area contributed by atoms with E-state index in [-0.39, 0.29) is 5.92 Å². The number of nitrogen functional groups attached to an aromatic ring is 1. The van der Waals surface area contributed by atoms with Crippen LogP contribution in [0, 0.1) is 0 Å². The zero-order chi connectivity index (χ0) is 12.7. The molecule has 1 atom stereocenters. The van der Waals surface area contributed by atoms with Gasteiger partial charge in [-0.3, -0.25) is 0 Å². The molecule has 0 saturated carbocycles. The lowest BCUT2D eigenvalue weighted by molar-refractivity contribution is 0.426. The van der Waals surface area contributed by atoms with Gasteiger partial charge in [0.1, 0.15) is 0 Å². The van der Waals surface area contributed by atoms with E-state index in [2.05, 4.69) is 5.16 Å². The van der Waals surface area contributed by atoms with E-state index in [1.165, 1.54) is 0 Å². The maximum absolute atomic E-state index is 6.25. The Bertz CT molecular complexity index is 574. The third-order valence-electron chi connectivity index (χ3n) is 3.49. The fourth-order valence-electron chi connectivity index (χ4n) is 2.58. The van der Waals surface area contributed by atoms with Crippen LogP contribution in [-0.4, -0.2) is 5.16 Å². The van der Waals surface area contributed by atoms with Crippen molar-refractivity contribution in [3.63, 3.8) is 0 Å². The van der Waals surface area contributed by atoms with Crippen LogP contribution in [0.3, 0.4) is 0 Å². The van der Waals surface area contributed by atoms with E-state index in [0.717, 1.165) is 36.1 Å². The number of benzene rings is 1. The largest absolute Gasteiger partial charge is 0.367 e. The molecule has 1 unspecified atom stereocenters. The molecule has 3 nitrogen and oxygen atoms in total. The highest BCUT2D eigenvalue weighted by Crippen LogP contribution is 2.40. The van der Waals surface area contributed by atoms with Gasteiger partial charge in [-0.2, -0.15) is 0 Å². The number of halogens is 2. The molecule has 2 N–H and O–H groups in total. The van der Waals surface area contributed by atoms with E-state index in [1.54, 1.807) is 0 Å². The summed E-state index contributed by atoms with van der Waals surface area (Å²) in [7, 11) is 0. The molecule has 1 aliphatic carbocycles. The highest BCUT2D eigenvalue weighted by molar-refractivity contribution is 6.36. The molecule has 0 radical (unpaired) electrons. The van der Waals surface area contributed by atoms with Gasteiger partial charge in [0.25, 0.3) is 0 Å². The Morgan fingerprint density at radius 3 is 2.72 bits per heavy atom. The molecule has 5 heteroatoms. The fourth-order valence-corrected chi connectivity index (χ4v) is 3.28. The number of hydrogen-bond acceptors (Lipinski definition) is 3. The van der Waals surface area contributed by atoms with Crippen molar-refractivity contribution in [2.24, 2.45) is 0 Å². The number of nitrogens with zero attached hydrogens (tertiary/aromatic N) is 1. The molecule has 3 rings (SSSR count). The van der Waals surface area contributed by atoms with Crippen LogP contribution in [0.25, 0.3) is 0 Å². The van der Waals surface area contributed by atoms with Gasteiger partial charge in [-0.1, -0.05) is 34.4 Å². The Balaban J connectivity index is 1.99. The fraction of sp³-hybridized carbons (Fsp3) is 0.308. The van der Waals surface area contributed by atoms with Crippen molar-refractivity contribution in [1.29, 1.82) is 0 Å². The molecule has 2 aromatic rings. The van der Waals surface area contributed by atoms with Crippen molar-refractivity contribution in [2.75, 3.05) is 5.73 Å². The minimum Gasteiger partial charge on any atom is -0.367 e. The summed E-state index contributed by atoms with van der Waals surface area (Å²) in [5.41, 5.74) is 8.76. The molecule has 1 aromatic heterocycles. The van der Waals surface area contributed by atoms with Gasteiger partial charge in [-0.25, -0.2) is 0 Å². The number of aryl methyl sites for hydroxylation is 1. The Morgan fingerprint density at radius 2 is 2.00 bits per heavy atom. The van der Waals surface area contributed by atoms with E-state index < -0.39 is 0 Å². The van der Waals surface area contributed by atoms with Gasteiger partial charge in [0, 0.05) is 15.6 Å². The van der Waals surface area contributed by atoms with Gasteiger partial charge in [-0.15, -0.1) is 0 Å². The van der Waals surface area contributed by atoms with Gasteiger partial charge in [0.15, 0.2) is 0 Å². The molecule has 94 valence electrons. The molecule has 0 fully saturated rings. The molecule has 18 heavy (non-hydrogen) atoms. The van der Waals surface area contributed by atoms with Gasteiger partial charge in [-0.05, 0) is 42.9 Å². The molecular formula is C13H12Cl2N2O. The van der Waals surface area contributed by atoms with Crippen molar-refractivity contribution in [3.05, 3.63) is 45.1 Å². The van der Waals surface area contributed by atoms with Crippen molar-refractivity contribution in [2.45, 2.75) is 25.2 Å².